The third-order valence-corrected chi connectivity index (χ3v) is 5.13. The van der Waals surface area contributed by atoms with Gasteiger partial charge in [-0.05, 0) is 60.9 Å². The molecule has 158 valence electrons. The van der Waals surface area contributed by atoms with Gasteiger partial charge in [0.2, 0.25) is 5.91 Å². The number of likely N-dealkylation sites (tertiary alicyclic amines) is 1. The number of anilines is 1. The highest BCUT2D eigenvalue weighted by Gasteiger charge is 2.17. The number of carbonyl (C=O) groups excluding carboxylic acids is 2. The monoisotopic (exact) mass is 408 g/mol. The molecule has 2 aromatic rings. The summed E-state index contributed by atoms with van der Waals surface area (Å²) in [5.74, 6) is 1.04. The first kappa shape index (κ1) is 21.4. The van der Waals surface area contributed by atoms with Crippen LogP contribution in [0.15, 0.2) is 48.5 Å². The van der Waals surface area contributed by atoms with Crippen molar-refractivity contribution < 1.29 is 19.1 Å². The number of hydrogen-bond acceptors (Lipinski definition) is 4. The first-order chi connectivity index (χ1) is 14.6. The van der Waals surface area contributed by atoms with Crippen LogP contribution in [0.2, 0.25) is 0 Å². The second-order valence-electron chi connectivity index (χ2n) is 7.22. The molecule has 1 N–H and O–H groups in total. The summed E-state index contributed by atoms with van der Waals surface area (Å²) in [5.41, 5.74) is 2.11. The molecule has 30 heavy (non-hydrogen) atoms. The minimum Gasteiger partial charge on any atom is -0.493 e. The van der Waals surface area contributed by atoms with Gasteiger partial charge in [-0.1, -0.05) is 18.9 Å². The molecule has 1 aliphatic heterocycles. The van der Waals surface area contributed by atoms with Crippen LogP contribution in [0.5, 0.6) is 11.5 Å². The zero-order valence-electron chi connectivity index (χ0n) is 17.5. The van der Waals surface area contributed by atoms with Crippen LogP contribution in [0.3, 0.4) is 0 Å². The fraction of sp³-hybridized carbons (Fsp3) is 0.333. The number of nitrogens with zero attached hydrogens (tertiary/aromatic N) is 1. The number of methoxy groups -OCH3 is 2. The van der Waals surface area contributed by atoms with Gasteiger partial charge >= 0.3 is 0 Å². The predicted octanol–water partition coefficient (Wildman–Crippen LogP) is 4.37. The molecule has 0 bridgehead atoms. The summed E-state index contributed by atoms with van der Waals surface area (Å²) >= 11 is 0. The lowest BCUT2D eigenvalue weighted by atomic mass is 10.1. The lowest BCUT2D eigenvalue weighted by Crippen LogP contribution is -2.31. The Balaban J connectivity index is 1.59. The molecular formula is C24H28N2O4. The molecule has 3 rings (SSSR count). The number of hydrogen-bond donors (Lipinski definition) is 1. The molecule has 2 amide bonds. The van der Waals surface area contributed by atoms with Gasteiger partial charge in [0, 0.05) is 30.4 Å². The number of ether oxygens (including phenoxy) is 2. The molecule has 6 heteroatoms. The van der Waals surface area contributed by atoms with Gasteiger partial charge in [-0.25, -0.2) is 0 Å². The standard InChI is InChI=1S/C24H28N2O4/c1-29-21-13-7-18(17-22(21)30-2)8-14-23(27)25-20-11-9-19(10-12-20)24(28)26-15-5-3-4-6-16-26/h7-14,17H,3-6,15-16H2,1-2H3,(H,25,27)/b14-8+. The van der Waals surface area contributed by atoms with E-state index >= 15 is 0 Å². The van der Waals surface area contributed by atoms with Crippen LogP contribution in [0.1, 0.15) is 41.6 Å². The molecule has 2 aromatic carbocycles. The minimum absolute atomic E-state index is 0.0584. The van der Waals surface area contributed by atoms with Gasteiger partial charge in [-0.3, -0.25) is 9.59 Å². The minimum atomic E-state index is -0.253. The van der Waals surface area contributed by atoms with Crippen molar-refractivity contribution >= 4 is 23.6 Å². The van der Waals surface area contributed by atoms with E-state index in [-0.39, 0.29) is 11.8 Å². The molecule has 0 saturated carbocycles. The van der Waals surface area contributed by atoms with Gasteiger partial charge in [-0.15, -0.1) is 0 Å². The molecule has 0 spiro atoms. The van der Waals surface area contributed by atoms with Gasteiger partial charge in [0.05, 0.1) is 14.2 Å². The SMILES string of the molecule is COc1ccc(/C=C/C(=O)Nc2ccc(C(=O)N3CCCCCC3)cc2)cc1OC. The van der Waals surface area contributed by atoms with Crippen molar-refractivity contribution in [1.82, 2.24) is 4.90 Å². The highest BCUT2D eigenvalue weighted by atomic mass is 16.5. The van der Waals surface area contributed by atoms with Crippen molar-refractivity contribution in [3.8, 4) is 11.5 Å². The molecule has 0 atom stereocenters. The van der Waals surface area contributed by atoms with Gasteiger partial charge in [-0.2, -0.15) is 0 Å². The topological polar surface area (TPSA) is 67.9 Å². The van der Waals surface area contributed by atoms with Crippen LogP contribution < -0.4 is 14.8 Å². The summed E-state index contributed by atoms with van der Waals surface area (Å²) in [7, 11) is 3.15. The van der Waals surface area contributed by atoms with Crippen molar-refractivity contribution in [1.29, 1.82) is 0 Å². The molecule has 1 fully saturated rings. The Hall–Kier alpha value is -3.28. The van der Waals surface area contributed by atoms with E-state index in [1.54, 1.807) is 56.7 Å². The van der Waals surface area contributed by atoms with Crippen LogP contribution in [-0.2, 0) is 4.79 Å². The number of rotatable bonds is 6. The highest BCUT2D eigenvalue weighted by Crippen LogP contribution is 2.28. The molecule has 1 saturated heterocycles. The van der Waals surface area contributed by atoms with Crippen molar-refractivity contribution in [2.45, 2.75) is 25.7 Å². The van der Waals surface area contributed by atoms with Crippen molar-refractivity contribution in [2.24, 2.45) is 0 Å². The zero-order chi connectivity index (χ0) is 21.3. The molecule has 1 heterocycles. The van der Waals surface area contributed by atoms with E-state index in [1.165, 1.54) is 18.9 Å². The Morgan fingerprint density at radius 3 is 2.20 bits per heavy atom. The summed E-state index contributed by atoms with van der Waals surface area (Å²) in [6.45, 7) is 1.64. The van der Waals surface area contributed by atoms with Crippen LogP contribution in [-0.4, -0.2) is 44.0 Å². The Labute approximate surface area is 177 Å². The maximum absolute atomic E-state index is 12.7. The zero-order valence-corrected chi connectivity index (χ0v) is 17.5. The summed E-state index contributed by atoms with van der Waals surface area (Å²) in [4.78, 5) is 26.8. The van der Waals surface area contributed by atoms with Crippen LogP contribution in [0.4, 0.5) is 5.69 Å². The van der Waals surface area contributed by atoms with Crippen LogP contribution >= 0.6 is 0 Å². The van der Waals surface area contributed by atoms with E-state index in [2.05, 4.69) is 5.32 Å². The number of amides is 2. The smallest absolute Gasteiger partial charge is 0.253 e. The average Bonchev–Trinajstić information content (AvgIpc) is 3.07. The Kier molecular flexibility index (Phi) is 7.49. The Bertz CT molecular complexity index is 898. The Morgan fingerprint density at radius 1 is 0.900 bits per heavy atom. The maximum Gasteiger partial charge on any atom is 0.253 e. The Morgan fingerprint density at radius 2 is 1.57 bits per heavy atom. The van der Waals surface area contributed by atoms with Crippen LogP contribution in [0.25, 0.3) is 6.08 Å². The quantitative estimate of drug-likeness (QED) is 0.721. The van der Waals surface area contributed by atoms with E-state index in [0.717, 1.165) is 31.5 Å². The van der Waals surface area contributed by atoms with E-state index in [4.69, 9.17) is 9.47 Å². The molecular weight excluding hydrogens is 380 g/mol. The van der Waals surface area contributed by atoms with E-state index in [1.807, 2.05) is 11.0 Å². The third kappa shape index (κ3) is 5.63. The second-order valence-corrected chi connectivity index (χ2v) is 7.22. The first-order valence-corrected chi connectivity index (χ1v) is 10.2. The van der Waals surface area contributed by atoms with Crippen molar-refractivity contribution in [2.75, 3.05) is 32.6 Å². The molecule has 0 aromatic heterocycles. The maximum atomic E-state index is 12.7. The van der Waals surface area contributed by atoms with Gasteiger partial charge in [0.1, 0.15) is 0 Å². The number of nitrogens with one attached hydrogen (secondary N) is 1. The van der Waals surface area contributed by atoms with E-state index in [9.17, 15) is 9.59 Å². The second kappa shape index (κ2) is 10.5. The summed E-state index contributed by atoms with van der Waals surface area (Å²) in [6, 6.07) is 12.5. The number of benzene rings is 2. The van der Waals surface area contributed by atoms with E-state index in [0.29, 0.717) is 22.7 Å². The van der Waals surface area contributed by atoms with Crippen molar-refractivity contribution in [3.05, 3.63) is 59.7 Å². The largest absolute Gasteiger partial charge is 0.493 e. The molecule has 0 radical (unpaired) electrons. The summed E-state index contributed by atoms with van der Waals surface area (Å²) < 4.78 is 10.5. The lowest BCUT2D eigenvalue weighted by molar-refractivity contribution is -0.111. The fourth-order valence-corrected chi connectivity index (χ4v) is 3.46. The molecule has 0 aliphatic carbocycles. The first-order valence-electron chi connectivity index (χ1n) is 10.2. The summed E-state index contributed by atoms with van der Waals surface area (Å²) in [5, 5.41) is 2.81. The highest BCUT2D eigenvalue weighted by molar-refractivity contribution is 6.02. The molecule has 6 nitrogen and oxygen atoms in total. The summed E-state index contributed by atoms with van der Waals surface area (Å²) in [6.07, 6.45) is 7.65. The van der Waals surface area contributed by atoms with Crippen LogP contribution in [0, 0.1) is 0 Å². The van der Waals surface area contributed by atoms with Gasteiger partial charge < -0.3 is 19.7 Å². The van der Waals surface area contributed by atoms with Gasteiger partial charge in [0.15, 0.2) is 11.5 Å². The molecule has 0 unspecified atom stereocenters. The average molecular weight is 408 g/mol. The predicted molar refractivity (Wildman–Crippen MR) is 118 cm³/mol. The van der Waals surface area contributed by atoms with Crippen molar-refractivity contribution in [3.63, 3.8) is 0 Å². The molecule has 1 aliphatic rings. The third-order valence-electron chi connectivity index (χ3n) is 5.13. The fourth-order valence-electron chi connectivity index (χ4n) is 3.46. The lowest BCUT2D eigenvalue weighted by Gasteiger charge is -2.20. The van der Waals surface area contributed by atoms with Gasteiger partial charge in [0.25, 0.3) is 5.91 Å². The normalized spacial score (nSPS) is 14.3. The van der Waals surface area contributed by atoms with E-state index < -0.39 is 0 Å². The number of carbonyl (C=O) groups is 2.